The lowest BCUT2D eigenvalue weighted by molar-refractivity contribution is 0.223. The Morgan fingerprint density at radius 3 is 2.47 bits per heavy atom. The number of epoxide rings is 1. The molecule has 0 bridgehead atoms. The summed E-state index contributed by atoms with van der Waals surface area (Å²) in [4.78, 5) is 0. The van der Waals surface area contributed by atoms with Crippen molar-refractivity contribution >= 4 is 8.32 Å². The second kappa shape index (κ2) is 3.85. The number of rotatable bonds is 2. The summed E-state index contributed by atoms with van der Waals surface area (Å²) in [5, 5.41) is 0.255. The van der Waals surface area contributed by atoms with Gasteiger partial charge in [-0.05, 0) is 50.4 Å². The lowest BCUT2D eigenvalue weighted by Gasteiger charge is -2.39. The molecule has 1 saturated heterocycles. The Morgan fingerprint density at radius 2 is 2.00 bits per heavy atom. The van der Waals surface area contributed by atoms with Crippen molar-refractivity contribution in [3.63, 3.8) is 0 Å². The third-order valence-electron chi connectivity index (χ3n) is 4.66. The van der Waals surface area contributed by atoms with Crippen LogP contribution in [-0.4, -0.2) is 20.0 Å². The Balaban J connectivity index is 2.16. The molecule has 0 aromatic heterocycles. The minimum absolute atomic E-state index is 0.0478. The maximum atomic E-state index is 6.47. The van der Waals surface area contributed by atoms with Gasteiger partial charge in [-0.1, -0.05) is 20.8 Å². The van der Waals surface area contributed by atoms with Crippen molar-refractivity contribution in [3.05, 3.63) is 11.8 Å². The first-order valence-electron chi connectivity index (χ1n) is 6.76. The van der Waals surface area contributed by atoms with Crippen LogP contribution in [-0.2, 0) is 9.16 Å². The number of allylic oxidation sites excluding steroid dienone is 1. The van der Waals surface area contributed by atoms with Gasteiger partial charge in [-0.25, -0.2) is 0 Å². The van der Waals surface area contributed by atoms with E-state index in [1.807, 2.05) is 0 Å². The van der Waals surface area contributed by atoms with Gasteiger partial charge in [0.25, 0.3) is 0 Å². The molecule has 2 aliphatic rings. The van der Waals surface area contributed by atoms with Crippen LogP contribution in [0.1, 0.15) is 47.0 Å². The van der Waals surface area contributed by atoms with E-state index in [0.29, 0.717) is 6.10 Å². The van der Waals surface area contributed by atoms with Gasteiger partial charge in [0, 0.05) is 0 Å². The minimum atomic E-state index is -1.72. The van der Waals surface area contributed by atoms with Crippen molar-refractivity contribution in [1.29, 1.82) is 0 Å². The first-order valence-corrected chi connectivity index (χ1v) is 9.67. The van der Waals surface area contributed by atoms with Crippen LogP contribution < -0.4 is 0 Å². The number of hydrogen-bond acceptors (Lipinski definition) is 2. The molecule has 0 aromatic rings. The monoisotopic (exact) mass is 254 g/mol. The summed E-state index contributed by atoms with van der Waals surface area (Å²) >= 11 is 0. The Morgan fingerprint density at radius 1 is 1.41 bits per heavy atom. The summed E-state index contributed by atoms with van der Waals surface area (Å²) in [7, 11) is -1.72. The fraction of sp³-hybridized carbons (Fsp3) is 0.857. The quantitative estimate of drug-likeness (QED) is 0.543. The van der Waals surface area contributed by atoms with E-state index >= 15 is 0 Å². The van der Waals surface area contributed by atoms with E-state index in [4.69, 9.17) is 9.16 Å². The second-order valence-corrected chi connectivity index (χ2v) is 11.7. The zero-order valence-corrected chi connectivity index (χ0v) is 13.1. The van der Waals surface area contributed by atoms with Gasteiger partial charge in [-0.15, -0.1) is 0 Å². The molecule has 2 nitrogen and oxygen atoms in total. The molecule has 2 unspecified atom stereocenters. The van der Waals surface area contributed by atoms with E-state index in [1.54, 1.807) is 0 Å². The molecule has 0 radical (unpaired) electrons. The summed E-state index contributed by atoms with van der Waals surface area (Å²) in [5.41, 5.74) is -0.0478. The summed E-state index contributed by atoms with van der Waals surface area (Å²) in [5.74, 6) is 1.14. The average Bonchev–Trinajstić information content (AvgIpc) is 2.80. The van der Waals surface area contributed by atoms with E-state index in [9.17, 15) is 0 Å². The molecule has 3 heteroatoms. The first kappa shape index (κ1) is 13.2. The molecule has 1 aliphatic carbocycles. The summed E-state index contributed by atoms with van der Waals surface area (Å²) in [6, 6.07) is 0. The highest BCUT2D eigenvalue weighted by Gasteiger charge is 2.59. The van der Waals surface area contributed by atoms with Crippen LogP contribution in [0.2, 0.25) is 18.1 Å². The van der Waals surface area contributed by atoms with Crippen LogP contribution in [0.5, 0.6) is 0 Å². The molecule has 2 atom stereocenters. The Hall–Kier alpha value is -0.283. The number of ether oxygens (including phenoxy) is 1. The Bertz CT molecular complexity index is 341. The average molecular weight is 254 g/mol. The van der Waals surface area contributed by atoms with Crippen molar-refractivity contribution < 1.29 is 9.16 Å². The SMILES string of the molecule is CC1OC12CCCC=C2O[Si](C)(C)C(C)(C)C. The highest BCUT2D eigenvalue weighted by molar-refractivity contribution is 6.74. The van der Waals surface area contributed by atoms with Gasteiger partial charge in [0.05, 0.1) is 6.10 Å². The van der Waals surface area contributed by atoms with E-state index in [0.717, 1.165) is 18.6 Å². The molecule has 2 rings (SSSR count). The number of hydrogen-bond donors (Lipinski definition) is 0. The predicted octanol–water partition coefficient (Wildman–Crippen LogP) is 4.23. The van der Waals surface area contributed by atoms with Crippen LogP contribution in [0.25, 0.3) is 0 Å². The van der Waals surface area contributed by atoms with E-state index in [1.165, 1.54) is 6.42 Å². The van der Waals surface area contributed by atoms with Gasteiger partial charge in [0.2, 0.25) is 8.32 Å². The van der Waals surface area contributed by atoms with E-state index < -0.39 is 8.32 Å². The van der Waals surface area contributed by atoms with Gasteiger partial charge in [0.1, 0.15) is 11.4 Å². The highest BCUT2D eigenvalue weighted by atomic mass is 28.4. The topological polar surface area (TPSA) is 21.8 Å². The van der Waals surface area contributed by atoms with Crippen LogP contribution >= 0.6 is 0 Å². The molecule has 1 fully saturated rings. The van der Waals surface area contributed by atoms with Crippen molar-refractivity contribution in [1.82, 2.24) is 0 Å². The summed E-state index contributed by atoms with van der Waals surface area (Å²) in [6.07, 6.45) is 6.12. The van der Waals surface area contributed by atoms with E-state index in [2.05, 4.69) is 46.9 Å². The highest BCUT2D eigenvalue weighted by Crippen LogP contribution is 2.51. The zero-order valence-electron chi connectivity index (χ0n) is 12.1. The normalized spacial score (nSPS) is 33.5. The van der Waals surface area contributed by atoms with Crippen molar-refractivity contribution in [3.8, 4) is 0 Å². The van der Waals surface area contributed by atoms with Gasteiger partial charge in [-0.2, -0.15) is 0 Å². The molecule has 0 saturated carbocycles. The third kappa shape index (κ3) is 2.19. The molecular formula is C14H26O2Si. The largest absolute Gasteiger partial charge is 0.545 e. The first-order chi connectivity index (χ1) is 7.69. The Kier molecular flexibility index (Phi) is 2.98. The van der Waals surface area contributed by atoms with Gasteiger partial charge in [0.15, 0.2) is 0 Å². The zero-order chi connectivity index (χ0) is 12.9. The lowest BCUT2D eigenvalue weighted by Crippen LogP contribution is -2.43. The molecule has 0 N–H and O–H groups in total. The van der Waals surface area contributed by atoms with Crippen LogP contribution in [0.4, 0.5) is 0 Å². The van der Waals surface area contributed by atoms with Gasteiger partial charge < -0.3 is 9.16 Å². The standard InChI is InChI=1S/C14H26O2Si/c1-11-14(15-11)10-8-7-9-12(14)16-17(5,6)13(2,3)4/h9,11H,7-8,10H2,1-6H3. The smallest absolute Gasteiger partial charge is 0.250 e. The summed E-state index contributed by atoms with van der Waals surface area (Å²) in [6.45, 7) is 13.6. The molecular weight excluding hydrogens is 228 g/mol. The third-order valence-corrected chi connectivity index (χ3v) is 9.00. The molecule has 98 valence electrons. The molecule has 1 spiro atoms. The molecule has 0 amide bonds. The fourth-order valence-corrected chi connectivity index (χ4v) is 3.36. The van der Waals surface area contributed by atoms with Crippen molar-refractivity contribution in [2.45, 2.75) is 76.8 Å². The van der Waals surface area contributed by atoms with Crippen LogP contribution in [0.15, 0.2) is 11.8 Å². The second-order valence-electron chi connectivity index (χ2n) is 6.97. The molecule has 1 heterocycles. The van der Waals surface area contributed by atoms with Crippen LogP contribution in [0, 0.1) is 0 Å². The van der Waals surface area contributed by atoms with Crippen molar-refractivity contribution in [2.24, 2.45) is 0 Å². The predicted molar refractivity (Wildman–Crippen MR) is 73.5 cm³/mol. The molecule has 0 aromatic carbocycles. The minimum Gasteiger partial charge on any atom is -0.545 e. The van der Waals surface area contributed by atoms with Gasteiger partial charge >= 0.3 is 0 Å². The maximum Gasteiger partial charge on any atom is 0.250 e. The summed E-state index contributed by atoms with van der Waals surface area (Å²) < 4.78 is 12.3. The van der Waals surface area contributed by atoms with Crippen molar-refractivity contribution in [2.75, 3.05) is 0 Å². The molecule has 1 aliphatic heterocycles. The maximum absolute atomic E-state index is 6.47. The van der Waals surface area contributed by atoms with E-state index in [-0.39, 0.29) is 10.6 Å². The lowest BCUT2D eigenvalue weighted by atomic mass is 9.91. The Labute approximate surface area is 107 Å². The van der Waals surface area contributed by atoms with Crippen LogP contribution in [0.3, 0.4) is 0 Å². The fourth-order valence-electron chi connectivity index (χ4n) is 2.25. The van der Waals surface area contributed by atoms with Gasteiger partial charge in [-0.3, -0.25) is 0 Å². The molecule has 17 heavy (non-hydrogen) atoms.